The van der Waals surface area contributed by atoms with Crippen LogP contribution in [0.15, 0.2) is 35.6 Å². The van der Waals surface area contributed by atoms with Crippen LogP contribution in [0.25, 0.3) is 0 Å². The summed E-state index contributed by atoms with van der Waals surface area (Å²) >= 11 is 0. The molecule has 0 heterocycles. The first-order chi connectivity index (χ1) is 12.2. The molecule has 5 nitrogen and oxygen atoms in total. The highest BCUT2D eigenvalue weighted by Gasteiger charge is 2.49. The summed E-state index contributed by atoms with van der Waals surface area (Å²) in [6.45, 7) is 1.15. The van der Waals surface area contributed by atoms with Crippen molar-refractivity contribution in [1.82, 2.24) is 0 Å². The molecule has 0 aromatic rings. The van der Waals surface area contributed by atoms with Crippen molar-refractivity contribution in [1.29, 1.82) is 0 Å². The van der Waals surface area contributed by atoms with Crippen LogP contribution in [0.2, 0.25) is 0 Å². The molecule has 0 radical (unpaired) electrons. The molecule has 1 rings (SSSR count). The normalized spacial score (nSPS) is 25.1. The number of allylic oxidation sites excluding steroid dienone is 4. The first-order valence-corrected chi connectivity index (χ1v) is 8.95. The van der Waals surface area contributed by atoms with Crippen molar-refractivity contribution in [3.63, 3.8) is 0 Å². The van der Waals surface area contributed by atoms with Gasteiger partial charge in [-0.2, -0.15) is 34.8 Å². The van der Waals surface area contributed by atoms with E-state index in [4.69, 9.17) is 0 Å². The zero-order valence-electron chi connectivity index (χ0n) is 14.2. The molecule has 0 spiro atoms. The molecule has 12 heteroatoms. The van der Waals surface area contributed by atoms with E-state index in [1.165, 1.54) is 12.2 Å². The van der Waals surface area contributed by atoms with Gasteiger partial charge >= 0.3 is 21.8 Å². The molecule has 1 N–H and O–H groups in total. The Kier molecular flexibility index (Phi) is 7.53. The van der Waals surface area contributed by atoms with Gasteiger partial charge in [-0.15, -0.1) is 0 Å². The van der Waals surface area contributed by atoms with Gasteiger partial charge in [-0.25, -0.2) is 0 Å². The summed E-state index contributed by atoms with van der Waals surface area (Å²) in [5, 5.41) is 10.2. The lowest BCUT2D eigenvalue weighted by Crippen LogP contribution is -2.42. The Bertz CT molecular complexity index is 705. The number of aliphatic hydroxyl groups excluding tert-OH is 1. The lowest BCUT2D eigenvalue weighted by molar-refractivity contribution is -0.233. The Hall–Kier alpha value is -1.53. The fourth-order valence-electron chi connectivity index (χ4n) is 2.42. The summed E-state index contributed by atoms with van der Waals surface area (Å²) in [4.78, 5) is 0. The number of ether oxygens (including phenoxy) is 1. The minimum absolute atomic E-state index is 0.118. The second kappa shape index (κ2) is 8.65. The smallest absolute Gasteiger partial charge is 0.388 e. The average Bonchev–Trinajstić information content (AvgIpc) is 2.47. The summed E-state index contributed by atoms with van der Waals surface area (Å²) in [6.07, 6.45) is -4.32. The zero-order chi connectivity index (χ0) is 21.0. The van der Waals surface area contributed by atoms with Gasteiger partial charge in [0.2, 0.25) is 0 Å². The van der Waals surface area contributed by atoms with E-state index in [2.05, 4.69) is 8.92 Å². The molecule has 0 aromatic carbocycles. The third kappa shape index (κ3) is 6.25. The second-order valence-electron chi connectivity index (χ2n) is 5.71. The SMILES string of the molecule is CO[C@H](C(C)C(O)/C1=C\C/C=C(OS(=O)(=O)C(F)(F)F)\C=C/C1)C(F)(F)F. The first-order valence-electron chi connectivity index (χ1n) is 7.54. The van der Waals surface area contributed by atoms with Crippen LogP contribution in [0.4, 0.5) is 26.3 Å². The Balaban J connectivity index is 2.93. The zero-order valence-corrected chi connectivity index (χ0v) is 15.0. The van der Waals surface area contributed by atoms with E-state index in [9.17, 15) is 39.9 Å². The molecule has 0 saturated carbocycles. The van der Waals surface area contributed by atoms with Gasteiger partial charge in [0, 0.05) is 13.0 Å². The molecule has 3 atom stereocenters. The molecule has 156 valence electrons. The number of hydrogen-bond donors (Lipinski definition) is 1. The monoisotopic (exact) mass is 424 g/mol. The summed E-state index contributed by atoms with van der Waals surface area (Å²) in [7, 11) is -4.97. The summed E-state index contributed by atoms with van der Waals surface area (Å²) in [5.41, 5.74) is -5.41. The molecule has 2 unspecified atom stereocenters. The van der Waals surface area contributed by atoms with Gasteiger partial charge in [0.1, 0.15) is 5.76 Å². The molecule has 0 aromatic heterocycles. The molecule has 27 heavy (non-hydrogen) atoms. The van der Waals surface area contributed by atoms with E-state index < -0.39 is 45.7 Å². The van der Waals surface area contributed by atoms with E-state index in [-0.39, 0.29) is 18.4 Å². The summed E-state index contributed by atoms with van der Waals surface area (Å²) in [6, 6.07) is 0. The van der Waals surface area contributed by atoms with E-state index in [1.54, 1.807) is 0 Å². The third-order valence-electron chi connectivity index (χ3n) is 3.76. The van der Waals surface area contributed by atoms with Crippen molar-refractivity contribution in [2.45, 2.75) is 43.7 Å². The number of methoxy groups -OCH3 is 1. The van der Waals surface area contributed by atoms with Crippen LogP contribution < -0.4 is 0 Å². The van der Waals surface area contributed by atoms with Crippen molar-refractivity contribution in [3.05, 3.63) is 35.6 Å². The molecule has 1 aliphatic rings. The minimum Gasteiger partial charge on any atom is -0.388 e. The van der Waals surface area contributed by atoms with Crippen LogP contribution in [0.1, 0.15) is 19.8 Å². The van der Waals surface area contributed by atoms with E-state index >= 15 is 0 Å². The molecular formula is C15H18F6O5S. The Morgan fingerprint density at radius 3 is 2.22 bits per heavy atom. The standard InChI is InChI=1S/C15H18F6O5S/c1-9(13(25-2)14(16,17)18)12(22)10-5-3-7-11(8-4-6-10)26-27(23,24)15(19,20)21/h3,6-9,12-13,22H,4-5H2,1-2H3/b7-3-,10-6-,11-8+/t9?,12?,13-/m1/s1. The van der Waals surface area contributed by atoms with Gasteiger partial charge in [-0.1, -0.05) is 19.1 Å². The van der Waals surface area contributed by atoms with Crippen LogP contribution in [-0.4, -0.2) is 44.5 Å². The number of rotatable bonds is 6. The van der Waals surface area contributed by atoms with Gasteiger partial charge in [0.25, 0.3) is 0 Å². The number of hydrogen-bond acceptors (Lipinski definition) is 5. The quantitative estimate of drug-likeness (QED) is 0.305. The lowest BCUT2D eigenvalue weighted by Gasteiger charge is -2.30. The maximum Gasteiger partial charge on any atom is 0.534 e. The molecule has 1 aliphatic carbocycles. The first kappa shape index (κ1) is 23.5. The van der Waals surface area contributed by atoms with Crippen LogP contribution in [0.5, 0.6) is 0 Å². The molecule has 0 saturated heterocycles. The van der Waals surface area contributed by atoms with E-state index in [0.717, 1.165) is 26.2 Å². The van der Waals surface area contributed by atoms with Crippen LogP contribution in [-0.2, 0) is 19.0 Å². The highest BCUT2D eigenvalue weighted by atomic mass is 32.2. The van der Waals surface area contributed by atoms with Crippen LogP contribution in [0.3, 0.4) is 0 Å². The van der Waals surface area contributed by atoms with Crippen molar-refractivity contribution < 1.29 is 48.8 Å². The molecule has 0 bridgehead atoms. The predicted molar refractivity (Wildman–Crippen MR) is 82.6 cm³/mol. The molecule has 0 fully saturated rings. The average molecular weight is 424 g/mol. The summed E-state index contributed by atoms with van der Waals surface area (Å²) < 4.78 is 106. The fourth-order valence-corrected chi connectivity index (χ4v) is 2.89. The largest absolute Gasteiger partial charge is 0.534 e. The van der Waals surface area contributed by atoms with E-state index in [1.807, 2.05) is 0 Å². The number of alkyl halides is 6. The Morgan fingerprint density at radius 2 is 1.74 bits per heavy atom. The lowest BCUT2D eigenvalue weighted by atomic mass is 9.89. The molecule has 0 amide bonds. The van der Waals surface area contributed by atoms with Crippen LogP contribution >= 0.6 is 0 Å². The maximum atomic E-state index is 12.9. The number of aliphatic hydroxyl groups is 1. The minimum atomic E-state index is -5.83. The highest BCUT2D eigenvalue weighted by molar-refractivity contribution is 7.87. The third-order valence-corrected chi connectivity index (χ3v) is 4.73. The summed E-state index contributed by atoms with van der Waals surface area (Å²) in [5.74, 6) is -1.94. The van der Waals surface area contributed by atoms with Gasteiger partial charge in [0.15, 0.2) is 6.10 Å². The molecular weight excluding hydrogens is 406 g/mol. The van der Waals surface area contributed by atoms with Gasteiger partial charge in [0.05, 0.1) is 6.10 Å². The van der Waals surface area contributed by atoms with Gasteiger partial charge < -0.3 is 14.0 Å². The highest BCUT2D eigenvalue weighted by Crippen LogP contribution is 2.33. The Labute approximate surface area is 152 Å². The topological polar surface area (TPSA) is 72.8 Å². The Morgan fingerprint density at radius 1 is 1.15 bits per heavy atom. The van der Waals surface area contributed by atoms with Crippen molar-refractivity contribution in [2.75, 3.05) is 7.11 Å². The van der Waals surface area contributed by atoms with Crippen molar-refractivity contribution in [3.8, 4) is 0 Å². The fraction of sp³-hybridized carbons (Fsp3) is 0.600. The van der Waals surface area contributed by atoms with Crippen molar-refractivity contribution >= 4 is 10.1 Å². The van der Waals surface area contributed by atoms with Gasteiger partial charge in [-0.05, 0) is 30.6 Å². The maximum absolute atomic E-state index is 12.9. The predicted octanol–water partition coefficient (Wildman–Crippen LogP) is 3.59. The number of halogens is 6. The molecule has 0 aliphatic heterocycles. The van der Waals surface area contributed by atoms with Gasteiger partial charge in [-0.3, -0.25) is 0 Å². The van der Waals surface area contributed by atoms with Crippen LogP contribution in [0, 0.1) is 5.92 Å². The second-order valence-corrected chi connectivity index (χ2v) is 7.25. The van der Waals surface area contributed by atoms with Crippen molar-refractivity contribution in [2.24, 2.45) is 5.92 Å². The van der Waals surface area contributed by atoms with E-state index in [0.29, 0.717) is 0 Å².